The fourth-order valence-corrected chi connectivity index (χ4v) is 2.13. The van der Waals surface area contributed by atoms with Gasteiger partial charge in [-0.1, -0.05) is 0 Å². The number of rotatable bonds is 5. The number of nitrogens with one attached hydrogen (secondary N) is 2. The molecule has 0 aliphatic carbocycles. The van der Waals surface area contributed by atoms with Crippen LogP contribution in [0, 0.1) is 0 Å². The Balaban J connectivity index is 2.07. The summed E-state index contributed by atoms with van der Waals surface area (Å²) < 4.78 is 4.93. The summed E-state index contributed by atoms with van der Waals surface area (Å²) in [4.78, 5) is 28.2. The molecule has 0 radical (unpaired) electrons. The Bertz CT molecular complexity index is 749. The van der Waals surface area contributed by atoms with Gasteiger partial charge in [0.05, 0.1) is 12.2 Å². The maximum absolute atomic E-state index is 12.4. The standard InChI is InChI=1S/C19H23N3O3/c1-5-25-18(24)13-6-8-15(9-7-13)21-17(23)14-10-11-20-16(12-14)22-19(2,3)4/h6-12H,5H2,1-4H3,(H,20,22)(H,21,23). The number of benzene rings is 1. The number of anilines is 2. The van der Waals surface area contributed by atoms with Gasteiger partial charge in [0.25, 0.3) is 5.91 Å². The summed E-state index contributed by atoms with van der Waals surface area (Å²) >= 11 is 0. The molecule has 0 aliphatic heterocycles. The lowest BCUT2D eigenvalue weighted by molar-refractivity contribution is 0.0526. The molecule has 0 fully saturated rings. The van der Waals surface area contributed by atoms with Crippen molar-refractivity contribution in [2.45, 2.75) is 33.2 Å². The molecule has 1 heterocycles. The molecule has 132 valence electrons. The maximum Gasteiger partial charge on any atom is 0.338 e. The number of esters is 1. The largest absolute Gasteiger partial charge is 0.462 e. The van der Waals surface area contributed by atoms with Crippen molar-refractivity contribution in [3.8, 4) is 0 Å². The first-order valence-corrected chi connectivity index (χ1v) is 8.11. The predicted molar refractivity (Wildman–Crippen MR) is 98.0 cm³/mol. The average Bonchev–Trinajstić information content (AvgIpc) is 2.54. The van der Waals surface area contributed by atoms with Crippen LogP contribution in [-0.4, -0.2) is 29.0 Å². The maximum atomic E-state index is 12.4. The Morgan fingerprint density at radius 1 is 1.08 bits per heavy atom. The van der Waals surface area contributed by atoms with E-state index in [1.807, 2.05) is 20.8 Å². The highest BCUT2D eigenvalue weighted by Gasteiger charge is 2.13. The number of aromatic nitrogens is 1. The monoisotopic (exact) mass is 341 g/mol. The van der Waals surface area contributed by atoms with Gasteiger partial charge in [-0.3, -0.25) is 4.79 Å². The summed E-state index contributed by atoms with van der Waals surface area (Å²) in [5.41, 5.74) is 1.39. The molecule has 1 aromatic heterocycles. The van der Waals surface area contributed by atoms with Crippen LogP contribution in [-0.2, 0) is 4.74 Å². The van der Waals surface area contributed by atoms with Gasteiger partial charge in [-0.25, -0.2) is 9.78 Å². The fourth-order valence-electron chi connectivity index (χ4n) is 2.13. The Labute approximate surface area is 147 Å². The van der Waals surface area contributed by atoms with Crippen molar-refractivity contribution in [2.24, 2.45) is 0 Å². The van der Waals surface area contributed by atoms with Crippen LogP contribution in [0.3, 0.4) is 0 Å². The summed E-state index contributed by atoms with van der Waals surface area (Å²) in [5.74, 6) is 0.00783. The minimum absolute atomic E-state index is 0.148. The number of nitrogens with zero attached hydrogens (tertiary/aromatic N) is 1. The second-order valence-corrected chi connectivity index (χ2v) is 6.56. The van der Waals surface area contributed by atoms with E-state index in [4.69, 9.17) is 4.74 Å². The Hall–Kier alpha value is -2.89. The lowest BCUT2D eigenvalue weighted by Crippen LogP contribution is -2.27. The van der Waals surface area contributed by atoms with Crippen molar-refractivity contribution < 1.29 is 14.3 Å². The zero-order chi connectivity index (χ0) is 18.4. The molecule has 0 saturated heterocycles. The van der Waals surface area contributed by atoms with Crippen LogP contribution < -0.4 is 10.6 Å². The van der Waals surface area contributed by atoms with Crippen molar-refractivity contribution in [1.29, 1.82) is 0 Å². The van der Waals surface area contributed by atoms with Crippen LogP contribution in [0.5, 0.6) is 0 Å². The zero-order valence-electron chi connectivity index (χ0n) is 14.9. The van der Waals surface area contributed by atoms with Gasteiger partial charge < -0.3 is 15.4 Å². The minimum atomic E-state index is -0.382. The van der Waals surface area contributed by atoms with Gasteiger partial charge in [0.15, 0.2) is 0 Å². The van der Waals surface area contributed by atoms with E-state index < -0.39 is 0 Å². The van der Waals surface area contributed by atoms with E-state index in [2.05, 4.69) is 15.6 Å². The molecule has 2 rings (SSSR count). The smallest absolute Gasteiger partial charge is 0.338 e. The van der Waals surface area contributed by atoms with Gasteiger partial charge in [0.1, 0.15) is 5.82 Å². The molecule has 0 atom stereocenters. The van der Waals surface area contributed by atoms with Gasteiger partial charge >= 0.3 is 5.97 Å². The molecule has 1 aromatic carbocycles. The number of amides is 1. The summed E-state index contributed by atoms with van der Waals surface area (Å²) in [6.07, 6.45) is 1.59. The third-order valence-electron chi connectivity index (χ3n) is 3.18. The molecular formula is C19H23N3O3. The number of ether oxygens (including phenoxy) is 1. The quantitative estimate of drug-likeness (QED) is 0.810. The molecule has 1 amide bonds. The van der Waals surface area contributed by atoms with E-state index in [1.54, 1.807) is 49.5 Å². The second-order valence-electron chi connectivity index (χ2n) is 6.56. The molecule has 0 bridgehead atoms. The van der Waals surface area contributed by atoms with Crippen molar-refractivity contribution in [2.75, 3.05) is 17.2 Å². The van der Waals surface area contributed by atoms with Gasteiger partial charge in [0.2, 0.25) is 0 Å². The molecule has 25 heavy (non-hydrogen) atoms. The third-order valence-corrected chi connectivity index (χ3v) is 3.18. The lowest BCUT2D eigenvalue weighted by atomic mass is 10.1. The molecular weight excluding hydrogens is 318 g/mol. The highest BCUT2D eigenvalue weighted by Crippen LogP contribution is 2.16. The first-order chi connectivity index (χ1) is 11.8. The van der Waals surface area contributed by atoms with E-state index in [-0.39, 0.29) is 17.4 Å². The van der Waals surface area contributed by atoms with Crippen LogP contribution in [0.2, 0.25) is 0 Å². The van der Waals surface area contributed by atoms with Crippen LogP contribution >= 0.6 is 0 Å². The summed E-state index contributed by atoms with van der Waals surface area (Å²) in [7, 11) is 0. The topological polar surface area (TPSA) is 80.3 Å². The molecule has 6 heteroatoms. The first-order valence-electron chi connectivity index (χ1n) is 8.11. The molecule has 0 unspecified atom stereocenters. The Morgan fingerprint density at radius 2 is 1.76 bits per heavy atom. The first kappa shape index (κ1) is 18.4. The number of hydrogen-bond donors (Lipinski definition) is 2. The summed E-state index contributed by atoms with van der Waals surface area (Å²) in [6, 6.07) is 9.92. The van der Waals surface area contributed by atoms with Crippen molar-refractivity contribution in [3.63, 3.8) is 0 Å². The van der Waals surface area contributed by atoms with Gasteiger partial charge in [-0.15, -0.1) is 0 Å². The zero-order valence-corrected chi connectivity index (χ0v) is 14.9. The van der Waals surface area contributed by atoms with Crippen molar-refractivity contribution in [1.82, 2.24) is 4.98 Å². The number of carbonyl (C=O) groups excluding carboxylic acids is 2. The number of hydrogen-bond acceptors (Lipinski definition) is 5. The van der Waals surface area contributed by atoms with Crippen molar-refractivity contribution in [3.05, 3.63) is 53.7 Å². The van der Waals surface area contributed by atoms with E-state index in [1.165, 1.54) is 0 Å². The molecule has 2 aromatic rings. The average molecular weight is 341 g/mol. The Morgan fingerprint density at radius 3 is 2.36 bits per heavy atom. The molecule has 0 aliphatic rings. The van der Waals surface area contributed by atoms with Crippen LogP contribution in [0.1, 0.15) is 48.4 Å². The number of pyridine rings is 1. The SMILES string of the molecule is CCOC(=O)c1ccc(NC(=O)c2ccnc(NC(C)(C)C)c2)cc1. The number of carbonyl (C=O) groups is 2. The third kappa shape index (κ3) is 5.60. The lowest BCUT2D eigenvalue weighted by Gasteiger charge is -2.21. The molecule has 6 nitrogen and oxygen atoms in total. The normalized spacial score (nSPS) is 10.9. The summed E-state index contributed by atoms with van der Waals surface area (Å²) in [5, 5.41) is 6.03. The van der Waals surface area contributed by atoms with Crippen LogP contribution in [0.15, 0.2) is 42.6 Å². The molecule has 0 saturated carbocycles. The van der Waals surface area contributed by atoms with E-state index in [9.17, 15) is 9.59 Å². The van der Waals surface area contributed by atoms with Gasteiger partial charge in [-0.2, -0.15) is 0 Å². The summed E-state index contributed by atoms with van der Waals surface area (Å²) in [6.45, 7) is 8.14. The highest BCUT2D eigenvalue weighted by molar-refractivity contribution is 6.04. The van der Waals surface area contributed by atoms with E-state index in [0.29, 0.717) is 29.2 Å². The highest BCUT2D eigenvalue weighted by atomic mass is 16.5. The van der Waals surface area contributed by atoms with Crippen LogP contribution in [0.25, 0.3) is 0 Å². The Kier molecular flexibility index (Phi) is 5.75. The minimum Gasteiger partial charge on any atom is -0.462 e. The van der Waals surface area contributed by atoms with Crippen molar-refractivity contribution >= 4 is 23.4 Å². The fraction of sp³-hybridized carbons (Fsp3) is 0.316. The predicted octanol–water partition coefficient (Wildman–Crippen LogP) is 3.72. The van der Waals surface area contributed by atoms with E-state index in [0.717, 1.165) is 0 Å². The molecule has 2 N–H and O–H groups in total. The van der Waals surface area contributed by atoms with Gasteiger partial charge in [-0.05, 0) is 64.1 Å². The van der Waals surface area contributed by atoms with Crippen LogP contribution in [0.4, 0.5) is 11.5 Å². The second kappa shape index (κ2) is 7.79. The molecule has 0 spiro atoms. The van der Waals surface area contributed by atoms with Gasteiger partial charge in [0, 0.05) is 23.0 Å². The van der Waals surface area contributed by atoms with E-state index >= 15 is 0 Å².